The van der Waals surface area contributed by atoms with E-state index in [1.807, 2.05) is 24.3 Å². The van der Waals surface area contributed by atoms with Crippen LogP contribution < -0.4 is 10.1 Å². The van der Waals surface area contributed by atoms with Gasteiger partial charge >= 0.3 is 5.88 Å². The Bertz CT molecular complexity index is 1060. The molecule has 0 amide bonds. The van der Waals surface area contributed by atoms with Crippen molar-refractivity contribution in [1.82, 2.24) is 15.2 Å². The Balaban J connectivity index is 1.57. The summed E-state index contributed by atoms with van der Waals surface area (Å²) in [5.74, 6) is 1.15. The molecule has 2 aromatic heterocycles. The quantitative estimate of drug-likeness (QED) is 0.196. The van der Waals surface area contributed by atoms with Gasteiger partial charge in [-0.3, -0.25) is 10.1 Å². The smallest absolute Gasteiger partial charge is 0.433 e. The predicted octanol–water partition coefficient (Wildman–Crippen LogP) is 5.61. The lowest BCUT2D eigenvalue weighted by Crippen LogP contribution is -2.16. The summed E-state index contributed by atoms with van der Waals surface area (Å²) in [7, 11) is 0. The van der Waals surface area contributed by atoms with Crippen LogP contribution in [-0.4, -0.2) is 25.9 Å². The normalized spacial score (nSPS) is 14.7. The number of benzene rings is 1. The third-order valence-corrected chi connectivity index (χ3v) is 5.79. The summed E-state index contributed by atoms with van der Waals surface area (Å²) in [6.45, 7) is 2.20. The number of ether oxygens (including phenoxy) is 1. The largest absolute Gasteiger partial charge is 0.444 e. The summed E-state index contributed by atoms with van der Waals surface area (Å²) in [4.78, 5) is 15.0. The number of para-hydroxylation sites is 1. The number of nitro groups is 1. The maximum absolute atomic E-state index is 11.0. The molecule has 9 nitrogen and oxygen atoms in total. The van der Waals surface area contributed by atoms with E-state index in [0.717, 1.165) is 23.4 Å². The monoisotopic (exact) mass is 441 g/mol. The molecule has 3 aromatic rings. The number of hydrogen-bond donors (Lipinski definition) is 1. The molecule has 3 heterocycles. The van der Waals surface area contributed by atoms with E-state index in [4.69, 9.17) is 9.15 Å². The van der Waals surface area contributed by atoms with Crippen LogP contribution >= 0.6 is 11.8 Å². The number of anilines is 1. The first-order valence-corrected chi connectivity index (χ1v) is 11.3. The van der Waals surface area contributed by atoms with Crippen molar-refractivity contribution >= 4 is 23.3 Å². The second-order valence-electron chi connectivity index (χ2n) is 7.13. The van der Waals surface area contributed by atoms with Gasteiger partial charge < -0.3 is 14.5 Å². The molecule has 10 heteroatoms. The highest BCUT2D eigenvalue weighted by Gasteiger charge is 2.29. The van der Waals surface area contributed by atoms with E-state index < -0.39 is 11.2 Å². The molecule has 1 aliphatic rings. The van der Waals surface area contributed by atoms with Crippen LogP contribution in [0.25, 0.3) is 11.3 Å². The first-order chi connectivity index (χ1) is 15.2. The highest BCUT2D eigenvalue weighted by molar-refractivity contribution is 7.99. The van der Waals surface area contributed by atoms with Crippen LogP contribution in [0, 0.1) is 10.1 Å². The fourth-order valence-electron chi connectivity index (χ4n) is 3.29. The Kier molecular flexibility index (Phi) is 6.66. The molecule has 1 N–H and O–H groups in total. The first-order valence-electron chi connectivity index (χ1n) is 10.3. The molecule has 1 atom stereocenters. The van der Waals surface area contributed by atoms with Gasteiger partial charge in [0, 0.05) is 17.0 Å². The molecule has 0 aliphatic carbocycles. The van der Waals surface area contributed by atoms with Gasteiger partial charge in [-0.2, -0.15) is 4.98 Å². The van der Waals surface area contributed by atoms with E-state index in [9.17, 15) is 10.1 Å². The first kappa shape index (κ1) is 21.1. The molecule has 0 bridgehead atoms. The number of unbranched alkanes of at least 4 members (excludes halogenated alkanes) is 4. The molecule has 0 radical (unpaired) electrons. The number of thioether (sulfide) groups is 1. The van der Waals surface area contributed by atoms with Crippen LogP contribution in [0.15, 0.2) is 46.0 Å². The van der Waals surface area contributed by atoms with E-state index in [0.29, 0.717) is 16.7 Å². The Morgan fingerprint density at radius 1 is 1.13 bits per heavy atom. The van der Waals surface area contributed by atoms with Crippen LogP contribution in [0.4, 0.5) is 11.6 Å². The van der Waals surface area contributed by atoms with E-state index in [1.165, 1.54) is 37.8 Å². The van der Waals surface area contributed by atoms with Gasteiger partial charge in [0.25, 0.3) is 0 Å². The molecule has 0 spiro atoms. The van der Waals surface area contributed by atoms with Crippen molar-refractivity contribution in [2.45, 2.75) is 50.4 Å². The lowest BCUT2D eigenvalue weighted by Gasteiger charge is -2.16. The van der Waals surface area contributed by atoms with Crippen LogP contribution in [0.5, 0.6) is 5.88 Å². The number of rotatable bonds is 9. The zero-order valence-electron chi connectivity index (χ0n) is 17.1. The topological polar surface area (TPSA) is 116 Å². The SMILES string of the molecule is CCCCCCCSc1nnc2c(n1)O[C@@H](c1ccc([N+](=O)[O-])o1)Nc1ccccc1-2. The van der Waals surface area contributed by atoms with Gasteiger partial charge in [0.15, 0.2) is 11.5 Å². The Morgan fingerprint density at radius 2 is 1.97 bits per heavy atom. The molecule has 162 valence electrons. The van der Waals surface area contributed by atoms with E-state index in [-0.39, 0.29) is 11.6 Å². The summed E-state index contributed by atoms with van der Waals surface area (Å²) >= 11 is 1.55. The minimum Gasteiger partial charge on any atom is -0.444 e. The Morgan fingerprint density at radius 3 is 2.77 bits per heavy atom. The van der Waals surface area contributed by atoms with Crippen molar-refractivity contribution in [2.24, 2.45) is 0 Å². The van der Waals surface area contributed by atoms with Crippen molar-refractivity contribution in [1.29, 1.82) is 0 Å². The summed E-state index contributed by atoms with van der Waals surface area (Å²) < 4.78 is 11.4. The maximum atomic E-state index is 11.0. The van der Waals surface area contributed by atoms with Crippen molar-refractivity contribution < 1.29 is 14.1 Å². The Hall–Kier alpha value is -3.14. The highest BCUT2D eigenvalue weighted by Crippen LogP contribution is 2.40. The lowest BCUT2D eigenvalue weighted by atomic mass is 10.1. The standard InChI is InChI=1S/C21H23N5O4S/c1-2-3-4-5-8-13-31-21-23-20-18(24-25-21)14-9-6-7-10-15(14)22-19(30-20)16-11-12-17(29-16)26(27)28/h6-7,9-12,19,22H,2-5,8,13H2,1H3/t19-/m0/s1. The molecule has 0 fully saturated rings. The molecule has 31 heavy (non-hydrogen) atoms. The number of nitrogens with zero attached hydrogens (tertiary/aromatic N) is 4. The van der Waals surface area contributed by atoms with Gasteiger partial charge in [-0.15, -0.1) is 10.2 Å². The average molecular weight is 442 g/mol. The molecule has 0 saturated carbocycles. The molecular formula is C21H23N5O4S. The second-order valence-corrected chi connectivity index (χ2v) is 8.19. The third kappa shape index (κ3) is 4.96. The van der Waals surface area contributed by atoms with Gasteiger partial charge in [0.1, 0.15) is 4.92 Å². The number of furan rings is 1. The zero-order valence-corrected chi connectivity index (χ0v) is 17.9. The number of aromatic nitrogens is 3. The fourth-order valence-corrected chi connectivity index (χ4v) is 4.06. The van der Waals surface area contributed by atoms with Gasteiger partial charge in [-0.05, 0) is 18.6 Å². The average Bonchev–Trinajstić information content (AvgIpc) is 3.21. The summed E-state index contributed by atoms with van der Waals surface area (Å²) in [6, 6.07) is 10.4. The number of nitrogens with one attached hydrogen (secondary N) is 1. The maximum Gasteiger partial charge on any atom is 0.433 e. The second kappa shape index (κ2) is 9.78. The summed E-state index contributed by atoms with van der Waals surface area (Å²) in [6.07, 6.45) is 5.20. The van der Waals surface area contributed by atoms with Gasteiger partial charge in [-0.25, -0.2) is 0 Å². The van der Waals surface area contributed by atoms with Gasteiger partial charge in [0.2, 0.25) is 17.3 Å². The van der Waals surface area contributed by atoms with Crippen LogP contribution in [0.3, 0.4) is 0 Å². The van der Waals surface area contributed by atoms with Crippen LogP contribution in [0.2, 0.25) is 0 Å². The number of hydrogen-bond acceptors (Lipinski definition) is 9. The zero-order chi connectivity index (χ0) is 21.6. The molecular weight excluding hydrogens is 418 g/mol. The minimum absolute atomic E-state index is 0.276. The van der Waals surface area contributed by atoms with E-state index in [1.54, 1.807) is 11.8 Å². The van der Waals surface area contributed by atoms with Gasteiger partial charge in [-0.1, -0.05) is 62.6 Å². The molecule has 1 aliphatic heterocycles. The predicted molar refractivity (Wildman–Crippen MR) is 117 cm³/mol. The van der Waals surface area contributed by atoms with Crippen molar-refractivity contribution in [3.63, 3.8) is 0 Å². The number of fused-ring (bicyclic) bond motifs is 3. The third-order valence-electron chi connectivity index (χ3n) is 4.86. The minimum atomic E-state index is -0.792. The van der Waals surface area contributed by atoms with Crippen molar-refractivity contribution in [2.75, 3.05) is 11.1 Å². The van der Waals surface area contributed by atoms with Crippen molar-refractivity contribution in [3.05, 3.63) is 52.3 Å². The van der Waals surface area contributed by atoms with E-state index in [2.05, 4.69) is 27.4 Å². The van der Waals surface area contributed by atoms with E-state index >= 15 is 0 Å². The van der Waals surface area contributed by atoms with Crippen LogP contribution in [-0.2, 0) is 0 Å². The molecule has 4 rings (SSSR count). The summed E-state index contributed by atoms with van der Waals surface area (Å²) in [5, 5.41) is 23.4. The molecule has 0 unspecified atom stereocenters. The van der Waals surface area contributed by atoms with Crippen LogP contribution in [0.1, 0.15) is 51.0 Å². The summed E-state index contributed by atoms with van der Waals surface area (Å²) in [5.41, 5.74) is 2.05. The lowest BCUT2D eigenvalue weighted by molar-refractivity contribution is -0.402. The molecule has 1 aromatic carbocycles. The molecule has 0 saturated heterocycles. The van der Waals surface area contributed by atoms with Crippen molar-refractivity contribution in [3.8, 4) is 17.1 Å². The highest BCUT2D eigenvalue weighted by atomic mass is 32.2. The fraction of sp³-hybridized carbons (Fsp3) is 0.381. The van der Waals surface area contributed by atoms with Gasteiger partial charge in [0.05, 0.1) is 6.07 Å². The Labute approximate surface area is 183 Å².